The molecule has 1 unspecified atom stereocenters. The van der Waals surface area contributed by atoms with Gasteiger partial charge in [0, 0.05) is 19.4 Å². The zero-order valence-electron chi connectivity index (χ0n) is 7.79. The highest BCUT2D eigenvalue weighted by molar-refractivity contribution is 5.79. The first-order valence-electron chi connectivity index (χ1n) is 5.09. The third-order valence-corrected chi connectivity index (χ3v) is 3.34. The Kier molecular flexibility index (Phi) is 2.28. The maximum absolute atomic E-state index is 11.6. The second-order valence-electron chi connectivity index (χ2n) is 4.23. The molecule has 1 aliphatic carbocycles. The molecule has 2 aliphatic rings. The van der Waals surface area contributed by atoms with E-state index in [1.807, 2.05) is 0 Å². The van der Waals surface area contributed by atoms with Crippen molar-refractivity contribution < 1.29 is 14.6 Å². The first-order valence-corrected chi connectivity index (χ1v) is 5.09. The van der Waals surface area contributed by atoms with Crippen LogP contribution in [0.2, 0.25) is 0 Å². The van der Waals surface area contributed by atoms with E-state index in [1.165, 1.54) is 0 Å². The summed E-state index contributed by atoms with van der Waals surface area (Å²) in [5, 5.41) is 8.75. The van der Waals surface area contributed by atoms with Gasteiger partial charge in [0.2, 0.25) is 0 Å². The van der Waals surface area contributed by atoms with Gasteiger partial charge in [-0.15, -0.1) is 0 Å². The van der Waals surface area contributed by atoms with Crippen molar-refractivity contribution in [2.45, 2.75) is 44.6 Å². The summed E-state index contributed by atoms with van der Waals surface area (Å²) in [6.45, 7) is 0.119. The Morgan fingerprint density at radius 3 is 2.77 bits per heavy atom. The minimum atomic E-state index is -0.153. The third kappa shape index (κ3) is 1.46. The van der Waals surface area contributed by atoms with Gasteiger partial charge in [-0.05, 0) is 12.8 Å². The van der Waals surface area contributed by atoms with Crippen LogP contribution in [0.3, 0.4) is 0 Å². The zero-order valence-corrected chi connectivity index (χ0v) is 7.79. The SMILES string of the molecule is O=C1OC(CCO)CC12CCCC2. The van der Waals surface area contributed by atoms with Gasteiger partial charge >= 0.3 is 5.97 Å². The molecular formula is C10H16O3. The van der Waals surface area contributed by atoms with Crippen LogP contribution in [-0.2, 0) is 9.53 Å². The lowest BCUT2D eigenvalue weighted by atomic mass is 9.83. The standard InChI is InChI=1S/C10H16O3/c11-6-3-8-7-10(9(12)13-8)4-1-2-5-10/h8,11H,1-7H2. The van der Waals surface area contributed by atoms with Crippen molar-refractivity contribution in [3.05, 3.63) is 0 Å². The van der Waals surface area contributed by atoms with Gasteiger partial charge in [0.05, 0.1) is 5.41 Å². The fourth-order valence-corrected chi connectivity index (χ4v) is 2.60. The Balaban J connectivity index is 2.02. The monoisotopic (exact) mass is 184 g/mol. The van der Waals surface area contributed by atoms with Crippen molar-refractivity contribution in [2.75, 3.05) is 6.61 Å². The summed E-state index contributed by atoms with van der Waals surface area (Å²) in [6, 6.07) is 0. The molecule has 1 heterocycles. The van der Waals surface area contributed by atoms with Crippen LogP contribution in [-0.4, -0.2) is 23.8 Å². The van der Waals surface area contributed by atoms with Crippen LogP contribution in [0, 0.1) is 5.41 Å². The highest BCUT2D eigenvalue weighted by atomic mass is 16.6. The quantitative estimate of drug-likeness (QED) is 0.657. The predicted molar refractivity (Wildman–Crippen MR) is 47.1 cm³/mol. The van der Waals surface area contributed by atoms with E-state index in [2.05, 4.69) is 0 Å². The lowest BCUT2D eigenvalue weighted by Gasteiger charge is -2.15. The summed E-state index contributed by atoms with van der Waals surface area (Å²) in [5.74, 6) is -0.0107. The van der Waals surface area contributed by atoms with Gasteiger partial charge in [0.1, 0.15) is 6.10 Å². The molecule has 1 atom stereocenters. The fraction of sp³-hybridized carbons (Fsp3) is 0.900. The number of hydrogen-bond donors (Lipinski definition) is 1. The van der Waals surface area contributed by atoms with Crippen molar-refractivity contribution in [2.24, 2.45) is 5.41 Å². The van der Waals surface area contributed by atoms with Crippen LogP contribution in [0.25, 0.3) is 0 Å². The summed E-state index contributed by atoms with van der Waals surface area (Å²) < 4.78 is 5.24. The number of hydrogen-bond acceptors (Lipinski definition) is 3. The Hall–Kier alpha value is -0.570. The summed E-state index contributed by atoms with van der Waals surface area (Å²) >= 11 is 0. The number of aliphatic hydroxyl groups is 1. The summed E-state index contributed by atoms with van der Waals surface area (Å²) in [6.07, 6.45) is 5.72. The van der Waals surface area contributed by atoms with Gasteiger partial charge < -0.3 is 9.84 Å². The van der Waals surface area contributed by atoms with E-state index in [4.69, 9.17) is 9.84 Å². The van der Waals surface area contributed by atoms with E-state index in [0.29, 0.717) is 6.42 Å². The highest BCUT2D eigenvalue weighted by Crippen LogP contribution is 2.47. The number of aliphatic hydroxyl groups excluding tert-OH is 1. The largest absolute Gasteiger partial charge is 0.462 e. The topological polar surface area (TPSA) is 46.5 Å². The molecule has 0 aromatic rings. The molecule has 13 heavy (non-hydrogen) atoms. The van der Waals surface area contributed by atoms with Crippen molar-refractivity contribution in [1.29, 1.82) is 0 Å². The van der Waals surface area contributed by atoms with Crippen molar-refractivity contribution in [1.82, 2.24) is 0 Å². The summed E-state index contributed by atoms with van der Waals surface area (Å²) in [7, 11) is 0. The van der Waals surface area contributed by atoms with E-state index in [1.54, 1.807) is 0 Å². The predicted octanol–water partition coefficient (Wildman–Crippen LogP) is 1.24. The Labute approximate surface area is 78.1 Å². The first-order chi connectivity index (χ1) is 6.27. The molecule has 0 aromatic carbocycles. The number of esters is 1. The number of carbonyl (C=O) groups is 1. The normalized spacial score (nSPS) is 31.2. The molecule has 3 heteroatoms. The number of rotatable bonds is 2. The average molecular weight is 184 g/mol. The lowest BCUT2D eigenvalue weighted by Crippen LogP contribution is -2.21. The van der Waals surface area contributed by atoms with Crippen LogP contribution < -0.4 is 0 Å². The Morgan fingerprint density at radius 2 is 2.15 bits per heavy atom. The third-order valence-electron chi connectivity index (χ3n) is 3.34. The van der Waals surface area contributed by atoms with Crippen LogP contribution in [0.1, 0.15) is 38.5 Å². The van der Waals surface area contributed by atoms with Gasteiger partial charge in [-0.3, -0.25) is 4.79 Å². The number of ether oxygens (including phenoxy) is 1. The van der Waals surface area contributed by atoms with E-state index in [0.717, 1.165) is 32.1 Å². The van der Waals surface area contributed by atoms with E-state index >= 15 is 0 Å². The fourth-order valence-electron chi connectivity index (χ4n) is 2.60. The molecule has 74 valence electrons. The molecule has 0 radical (unpaired) electrons. The lowest BCUT2D eigenvalue weighted by molar-refractivity contribution is -0.148. The van der Waals surface area contributed by atoms with E-state index in [9.17, 15) is 4.79 Å². The van der Waals surface area contributed by atoms with Crippen LogP contribution in [0.15, 0.2) is 0 Å². The molecular weight excluding hydrogens is 168 g/mol. The maximum atomic E-state index is 11.6. The van der Waals surface area contributed by atoms with Crippen molar-refractivity contribution in [3.63, 3.8) is 0 Å². The van der Waals surface area contributed by atoms with Crippen molar-refractivity contribution >= 4 is 5.97 Å². The summed E-state index contributed by atoms with van der Waals surface area (Å²) in [5.41, 5.74) is -0.153. The van der Waals surface area contributed by atoms with Gasteiger partial charge in [0.15, 0.2) is 0 Å². The minimum absolute atomic E-state index is 0.0107. The summed E-state index contributed by atoms with van der Waals surface area (Å²) in [4.78, 5) is 11.6. The second kappa shape index (κ2) is 3.29. The Bertz CT molecular complexity index is 206. The second-order valence-corrected chi connectivity index (χ2v) is 4.23. The molecule has 1 saturated heterocycles. The highest BCUT2D eigenvalue weighted by Gasteiger charge is 2.49. The van der Waals surface area contributed by atoms with E-state index in [-0.39, 0.29) is 24.1 Å². The molecule has 3 nitrogen and oxygen atoms in total. The van der Waals surface area contributed by atoms with Gasteiger partial charge in [-0.2, -0.15) is 0 Å². The van der Waals surface area contributed by atoms with Crippen LogP contribution in [0.5, 0.6) is 0 Å². The smallest absolute Gasteiger partial charge is 0.312 e. The van der Waals surface area contributed by atoms with Crippen molar-refractivity contribution in [3.8, 4) is 0 Å². The molecule has 1 aliphatic heterocycles. The van der Waals surface area contributed by atoms with Crippen LogP contribution in [0.4, 0.5) is 0 Å². The van der Waals surface area contributed by atoms with Crippen LogP contribution >= 0.6 is 0 Å². The van der Waals surface area contributed by atoms with Gasteiger partial charge in [0.25, 0.3) is 0 Å². The first kappa shape index (κ1) is 9.00. The molecule has 2 fully saturated rings. The average Bonchev–Trinajstić information content (AvgIpc) is 2.64. The molecule has 1 N–H and O–H groups in total. The molecule has 0 bridgehead atoms. The molecule has 1 spiro atoms. The molecule has 0 amide bonds. The molecule has 0 aromatic heterocycles. The number of cyclic esters (lactones) is 1. The molecule has 2 rings (SSSR count). The van der Waals surface area contributed by atoms with Gasteiger partial charge in [-0.1, -0.05) is 12.8 Å². The Morgan fingerprint density at radius 1 is 1.46 bits per heavy atom. The van der Waals surface area contributed by atoms with E-state index < -0.39 is 0 Å². The maximum Gasteiger partial charge on any atom is 0.312 e. The minimum Gasteiger partial charge on any atom is -0.462 e. The molecule has 1 saturated carbocycles. The van der Waals surface area contributed by atoms with Gasteiger partial charge in [-0.25, -0.2) is 0 Å². The number of carbonyl (C=O) groups excluding carboxylic acids is 1. The zero-order chi connectivity index (χ0) is 9.31.